The number of carbonyl (C=O) groups is 3. The zero-order valence-corrected chi connectivity index (χ0v) is 77.4. The fourth-order valence-corrected chi connectivity index (χ4v) is 11.5. The number of H-pyrrole nitrogens is 4. The number of nitrogens with zero attached hydrogens (tertiary/aromatic N) is 1. The number of rotatable bonds is 39. The van der Waals surface area contributed by atoms with Crippen LogP contribution in [-0.4, -0.2) is 150 Å². The third-order valence-electron chi connectivity index (χ3n) is 17.5. The second-order valence-electron chi connectivity index (χ2n) is 26.2. The summed E-state index contributed by atoms with van der Waals surface area (Å²) in [5.74, 6) is -0.881. The van der Waals surface area contributed by atoms with Crippen molar-refractivity contribution in [3.63, 3.8) is 0 Å². The van der Waals surface area contributed by atoms with Crippen LogP contribution in [0.4, 0.5) is 0 Å². The Balaban J connectivity index is 0.000000277. The Labute approximate surface area is 779 Å². The van der Waals surface area contributed by atoms with Crippen molar-refractivity contribution < 1.29 is 118 Å². The molecule has 0 saturated carbocycles. The second kappa shape index (κ2) is 63.0. The Bertz CT molecular complexity index is 5630. The zero-order chi connectivity index (χ0) is 97.2. The van der Waals surface area contributed by atoms with Gasteiger partial charge in [-0.05, 0) is 49.3 Å². The molecule has 6 heterocycles. The van der Waals surface area contributed by atoms with E-state index in [0.29, 0.717) is 40.7 Å². The van der Waals surface area contributed by atoms with Crippen LogP contribution in [0, 0.1) is 0 Å². The third-order valence-corrected chi connectivity index (χ3v) is 18.1. The van der Waals surface area contributed by atoms with Crippen molar-refractivity contribution in [3.05, 3.63) is 382 Å². The maximum atomic E-state index is 12.4. The number of hydrogen-bond acceptors (Lipinski definition) is 32. The van der Waals surface area contributed by atoms with Gasteiger partial charge >= 0.3 is 30.7 Å². The molecular weight excluding hydrogens is 1820 g/mol. The summed E-state index contributed by atoms with van der Waals surface area (Å²) in [4.78, 5) is 116. The third kappa shape index (κ3) is 36.1. The summed E-state index contributed by atoms with van der Waals surface area (Å²) in [6, 6.07) is 60.6. The molecule has 707 valence electrons. The van der Waals surface area contributed by atoms with E-state index in [1.807, 2.05) is 182 Å². The fraction of sp³-hybridized carbons (Fsp3) is 0.266. The summed E-state index contributed by atoms with van der Waals surface area (Å²) >= 11 is 6.39. The Kier molecular flexibility index (Phi) is 52.2. The van der Waals surface area contributed by atoms with Crippen molar-refractivity contribution in [2.75, 3.05) is 92.4 Å². The van der Waals surface area contributed by atoms with Crippen LogP contribution < -0.4 is 61.0 Å². The van der Waals surface area contributed by atoms with E-state index in [4.69, 9.17) is 89.7 Å². The first kappa shape index (κ1) is 110. The number of nitrogens with one attached hydrogen (secondary N) is 4. The van der Waals surface area contributed by atoms with Gasteiger partial charge in [0.1, 0.15) is 68.0 Å². The molecule has 0 saturated heterocycles. The van der Waals surface area contributed by atoms with Gasteiger partial charge in [-0.3, -0.25) is 38.4 Å². The van der Waals surface area contributed by atoms with Gasteiger partial charge in [0.2, 0.25) is 87.0 Å². The SMILES string of the molecule is COC(OC)OC.COC(OC)c1[nH]cc(Br)c(=O)c1OCc1ccccc1.COC(OC)c1[nH]cc(C(=O)O)c(=O)c1OCc1ccccc1.COC(OC)c1[nH]cc(C=O)c(=O)c1OCc1ccccc1.COC(OC)c1[nH]ccc(=O)c1OCc1ccccc1.COC(OC)c1occc(=O)c1OCc1ccccc1.O=Cc1occc(=O)c1OCc1ccccc1.[B]=NS. The van der Waals surface area contributed by atoms with E-state index in [2.05, 4.69) is 74.8 Å². The zero-order valence-electron chi connectivity index (χ0n) is 74.9. The van der Waals surface area contributed by atoms with Gasteiger partial charge in [-0.25, -0.2) is 4.79 Å². The molecule has 0 aliphatic heterocycles. The number of ether oxygens (including phenoxy) is 19. The van der Waals surface area contributed by atoms with E-state index in [9.17, 15) is 43.2 Å². The van der Waals surface area contributed by atoms with E-state index in [0.717, 1.165) is 39.6 Å². The van der Waals surface area contributed by atoms with Crippen molar-refractivity contribution in [1.29, 1.82) is 0 Å². The number of pyridine rings is 4. The van der Waals surface area contributed by atoms with Gasteiger partial charge in [0.25, 0.3) is 6.48 Å². The fourth-order valence-electron chi connectivity index (χ4n) is 11.2. The van der Waals surface area contributed by atoms with Crippen LogP contribution in [-0.2, 0) is 101 Å². The number of aromatic nitrogens is 4. The number of carbonyl (C=O) groups excluding carboxylic acids is 2. The normalized spacial score (nSPS) is 10.5. The predicted octanol–water partition coefficient (Wildman–Crippen LogP) is 14.2. The maximum absolute atomic E-state index is 12.4. The number of hydrogen-bond donors (Lipinski definition) is 6. The Morgan fingerprint density at radius 1 is 0.368 bits per heavy atom. The van der Waals surface area contributed by atoms with Gasteiger partial charge in [0.05, 0.1) is 22.6 Å². The van der Waals surface area contributed by atoms with Crippen LogP contribution in [0.3, 0.4) is 0 Å². The van der Waals surface area contributed by atoms with Gasteiger partial charge in [0, 0.05) is 135 Å². The molecule has 0 spiro atoms. The number of carboxylic acid groups (broad SMARTS) is 1. The molecule has 0 aliphatic carbocycles. The van der Waals surface area contributed by atoms with Crippen LogP contribution in [0.2, 0.25) is 0 Å². The van der Waals surface area contributed by atoms with Crippen molar-refractivity contribution in [1.82, 2.24) is 19.9 Å². The molecule has 0 atom stereocenters. The molecule has 6 aromatic carbocycles. The van der Waals surface area contributed by atoms with Crippen LogP contribution in [0.15, 0.2) is 284 Å². The molecule has 0 aliphatic rings. The second-order valence-corrected chi connectivity index (χ2v) is 27.2. The first-order valence-electron chi connectivity index (χ1n) is 39.5. The molecule has 1 radical (unpaired) electrons. The molecule has 39 heteroatoms. The summed E-state index contributed by atoms with van der Waals surface area (Å²) in [6.07, 6.45) is 5.06. The number of benzene rings is 6. The number of thiol groups is 1. The molecular formula is C94H104BBrN5O31S. The molecule has 12 rings (SSSR count). The van der Waals surface area contributed by atoms with Gasteiger partial charge in [-0.2, -0.15) is 0 Å². The monoisotopic (exact) mass is 1920 g/mol. The molecule has 12 aromatic rings. The Hall–Kier alpha value is -13.2. The van der Waals surface area contributed by atoms with E-state index < -0.39 is 60.3 Å². The summed E-state index contributed by atoms with van der Waals surface area (Å²) in [5, 5.41) is 9.08. The first-order chi connectivity index (χ1) is 64.5. The topological polar surface area (TPSA) is 451 Å². The minimum absolute atomic E-state index is 0.0159. The van der Waals surface area contributed by atoms with Gasteiger partial charge in [-0.1, -0.05) is 182 Å². The average molecular weight is 1920 g/mol. The average Bonchev–Trinajstić information content (AvgIpc) is 0.802. The number of halogens is 1. The number of methoxy groups -OCH3 is 13. The molecule has 0 amide bonds. The Morgan fingerprint density at radius 3 is 0.992 bits per heavy atom. The summed E-state index contributed by atoms with van der Waals surface area (Å²) < 4.78 is 112. The Morgan fingerprint density at radius 2 is 0.662 bits per heavy atom. The molecule has 0 fully saturated rings. The molecule has 6 aromatic heterocycles. The predicted molar refractivity (Wildman–Crippen MR) is 494 cm³/mol. The van der Waals surface area contributed by atoms with E-state index >= 15 is 0 Å². The van der Waals surface area contributed by atoms with Crippen LogP contribution in [0.5, 0.6) is 34.5 Å². The molecule has 0 bridgehead atoms. The first-order valence-corrected chi connectivity index (χ1v) is 40.7. The summed E-state index contributed by atoms with van der Waals surface area (Å²) in [7, 11) is 23.5. The molecule has 36 nitrogen and oxygen atoms in total. The van der Waals surface area contributed by atoms with Crippen LogP contribution in [0.1, 0.15) is 125 Å². The van der Waals surface area contributed by atoms with E-state index in [1.165, 1.54) is 142 Å². The van der Waals surface area contributed by atoms with E-state index in [1.54, 1.807) is 0 Å². The molecule has 133 heavy (non-hydrogen) atoms. The standard InChI is InChI=1S/C16H17NO6.C16H17NO5.C15H16BrNO4.C15H17NO4.C15H16O5.C13H10O4.C4H10O3.BHNS/c1-21-16(22-2)12-14(13(18)11(8-17-12)15(19)20)23-9-10-6-4-3-5-7-10;1-20-16(21-2)13-15(14(19)12(9-18)8-17-13)22-10-11-6-4-3-5-7-11;1-19-15(20-2)12-14(13(18)11(16)8-17-12)21-9-10-6-4-3-5-7-10;1-18-15(19-2)13-14(12(17)8-9-16-13)20-10-11-6-4-3-5-7-11;1-17-15(18-2)14-13(12(16)8-9-19-14)20-10-11-6-4-3-5-7-11;14-8-12-13(11(15)6-7-16-12)17-9-10-4-2-1-3-5-10;1-5-4(6-2)7-3;1-2-3/h3-8,16H,9H2,1-2H3,(H,17,18)(H,19,20);3-9,16H,10H2,1-2H3,(H,17,19);3-8,15H,9H2,1-2H3,(H,17,18);3-9,15H,10H2,1-2H3,(H,16,17);3-9,15H,10H2,1-2H3;1-8H,9H2;4H,1-3H3;3H. The number of aromatic carboxylic acids is 1. The molecule has 0 unspecified atom stereocenters. The van der Waals surface area contributed by atoms with Crippen molar-refractivity contribution >= 4 is 54.9 Å². The quantitative estimate of drug-likeness (QED) is 0.00902. The van der Waals surface area contributed by atoms with E-state index in [-0.39, 0.29) is 112 Å². The van der Waals surface area contributed by atoms with Crippen molar-refractivity contribution in [2.24, 2.45) is 4.30 Å². The molecule has 5 N–H and O–H groups in total. The number of carboxylic acids is 1. The summed E-state index contributed by atoms with van der Waals surface area (Å²) in [6.45, 7) is 0.868. The van der Waals surface area contributed by atoms with Gasteiger partial charge in [0.15, 0.2) is 35.6 Å². The van der Waals surface area contributed by atoms with Gasteiger partial charge in [-0.15, -0.1) is 0 Å². The number of aldehydes is 2. The van der Waals surface area contributed by atoms with Crippen LogP contribution >= 0.6 is 28.7 Å². The van der Waals surface area contributed by atoms with Crippen LogP contribution in [0.25, 0.3) is 0 Å². The summed E-state index contributed by atoms with van der Waals surface area (Å²) in [5.41, 5.74) is 4.24. The van der Waals surface area contributed by atoms with Crippen molar-refractivity contribution in [3.8, 4) is 34.5 Å². The minimum atomic E-state index is -1.34. The van der Waals surface area contributed by atoms with Gasteiger partial charge < -0.3 is 124 Å². The number of aromatic amines is 4. The van der Waals surface area contributed by atoms with Crippen molar-refractivity contribution in [2.45, 2.75) is 77.6 Å².